The molecular formula is C26H23Cl2N3O6S. The number of halogens is 2. The van der Waals surface area contributed by atoms with Crippen molar-refractivity contribution < 1.29 is 27.5 Å². The molecule has 0 atom stereocenters. The van der Waals surface area contributed by atoms with Crippen molar-refractivity contribution in [2.45, 2.75) is 17.7 Å². The summed E-state index contributed by atoms with van der Waals surface area (Å²) in [6, 6.07) is 16.4. The van der Waals surface area contributed by atoms with Crippen LogP contribution in [-0.4, -0.2) is 50.5 Å². The van der Waals surface area contributed by atoms with E-state index in [1.54, 1.807) is 30.3 Å². The highest BCUT2D eigenvalue weighted by molar-refractivity contribution is 7.92. The number of carbonyl (C=O) groups excluding carboxylic acids is 3. The lowest BCUT2D eigenvalue weighted by Crippen LogP contribution is -2.44. The van der Waals surface area contributed by atoms with Gasteiger partial charge in [0.1, 0.15) is 11.5 Å². The van der Waals surface area contributed by atoms with E-state index in [0.29, 0.717) is 36.7 Å². The van der Waals surface area contributed by atoms with Crippen LogP contribution in [0.2, 0.25) is 10.0 Å². The second-order valence-electron chi connectivity index (χ2n) is 8.40. The first-order chi connectivity index (χ1) is 18.1. The van der Waals surface area contributed by atoms with Crippen molar-refractivity contribution in [3.63, 3.8) is 0 Å². The smallest absolute Gasteiger partial charge is 0.262 e. The number of nitrogens with zero attached hydrogens (tertiary/aromatic N) is 1. The van der Waals surface area contributed by atoms with Gasteiger partial charge in [-0.2, -0.15) is 0 Å². The highest BCUT2D eigenvalue weighted by atomic mass is 35.5. The minimum Gasteiger partial charge on any atom is -0.454 e. The molecule has 1 aliphatic rings. The molecule has 3 aromatic rings. The molecule has 1 fully saturated rings. The van der Waals surface area contributed by atoms with E-state index in [-0.39, 0.29) is 45.2 Å². The number of hydrogen-bond donors (Lipinski definition) is 2. The van der Waals surface area contributed by atoms with Gasteiger partial charge in [-0.1, -0.05) is 35.3 Å². The zero-order chi connectivity index (χ0) is 27.3. The lowest BCUT2D eigenvalue weighted by atomic mass is 10.1. The van der Waals surface area contributed by atoms with Crippen molar-refractivity contribution >= 4 is 56.5 Å². The van der Waals surface area contributed by atoms with Gasteiger partial charge in [0.25, 0.3) is 15.9 Å². The molecule has 198 valence electrons. The van der Waals surface area contributed by atoms with Gasteiger partial charge < -0.3 is 15.0 Å². The minimum absolute atomic E-state index is 0.0811. The van der Waals surface area contributed by atoms with E-state index >= 15 is 0 Å². The lowest BCUT2D eigenvalue weighted by molar-refractivity contribution is -0.133. The third-order valence-corrected chi connectivity index (χ3v) is 7.66. The number of rotatable bonds is 8. The Morgan fingerprint density at radius 3 is 2.29 bits per heavy atom. The number of para-hydroxylation sites is 2. The maximum Gasteiger partial charge on any atom is 0.262 e. The predicted octanol–water partition coefficient (Wildman–Crippen LogP) is 4.51. The molecule has 12 heteroatoms. The fourth-order valence-electron chi connectivity index (χ4n) is 3.68. The van der Waals surface area contributed by atoms with Gasteiger partial charge in [-0.3, -0.25) is 19.1 Å². The first-order valence-electron chi connectivity index (χ1n) is 11.5. The van der Waals surface area contributed by atoms with E-state index in [1.807, 2.05) is 0 Å². The van der Waals surface area contributed by atoms with Crippen LogP contribution >= 0.6 is 23.2 Å². The molecule has 0 saturated carbocycles. The second-order valence-corrected chi connectivity index (χ2v) is 10.9. The molecule has 0 radical (unpaired) electrons. The van der Waals surface area contributed by atoms with Crippen LogP contribution in [0.3, 0.4) is 0 Å². The van der Waals surface area contributed by atoms with Crippen LogP contribution in [0.25, 0.3) is 0 Å². The number of anilines is 1. The van der Waals surface area contributed by atoms with Gasteiger partial charge >= 0.3 is 0 Å². The third-order valence-electron chi connectivity index (χ3n) is 5.75. The van der Waals surface area contributed by atoms with E-state index in [1.165, 1.54) is 41.3 Å². The maximum absolute atomic E-state index is 13.0. The monoisotopic (exact) mass is 575 g/mol. The number of ether oxygens (including phenoxy) is 1. The summed E-state index contributed by atoms with van der Waals surface area (Å²) in [5.41, 5.74) is 0.366. The summed E-state index contributed by atoms with van der Waals surface area (Å²) in [6.45, 7) is 0.463. The molecule has 0 aliphatic carbocycles. The average molecular weight is 576 g/mol. The van der Waals surface area contributed by atoms with Gasteiger partial charge in [0.2, 0.25) is 5.91 Å². The molecule has 1 heterocycles. The fraction of sp³-hybridized carbons (Fsp3) is 0.192. The van der Waals surface area contributed by atoms with E-state index in [0.717, 1.165) is 0 Å². The van der Waals surface area contributed by atoms with E-state index in [9.17, 15) is 22.8 Å². The van der Waals surface area contributed by atoms with Crippen molar-refractivity contribution in [3.05, 3.63) is 82.3 Å². The van der Waals surface area contributed by atoms with Gasteiger partial charge in [-0.05, 0) is 54.6 Å². The fourth-order valence-corrected chi connectivity index (χ4v) is 5.20. The van der Waals surface area contributed by atoms with Crippen LogP contribution in [0.15, 0.2) is 71.6 Å². The van der Waals surface area contributed by atoms with E-state index < -0.39 is 15.9 Å². The van der Waals surface area contributed by atoms with Crippen LogP contribution in [0.1, 0.15) is 23.2 Å². The summed E-state index contributed by atoms with van der Waals surface area (Å²) < 4.78 is 34.3. The predicted molar refractivity (Wildman–Crippen MR) is 143 cm³/mol. The summed E-state index contributed by atoms with van der Waals surface area (Å²) in [6.07, 6.45) is 0.629. The van der Waals surface area contributed by atoms with Crippen molar-refractivity contribution in [1.29, 1.82) is 0 Å². The largest absolute Gasteiger partial charge is 0.454 e. The number of Topliss-reactive ketones (excluding diaryl/α,β-unsaturated/α-hetero) is 1. The van der Waals surface area contributed by atoms with Crippen LogP contribution in [0, 0.1) is 0 Å². The molecule has 1 aliphatic heterocycles. The zero-order valence-corrected chi connectivity index (χ0v) is 22.3. The summed E-state index contributed by atoms with van der Waals surface area (Å²) in [7, 11) is -4.04. The summed E-state index contributed by atoms with van der Waals surface area (Å²) in [4.78, 5) is 37.5. The zero-order valence-electron chi connectivity index (χ0n) is 19.9. The third kappa shape index (κ3) is 6.83. The Bertz CT molecular complexity index is 1470. The van der Waals surface area contributed by atoms with Crippen molar-refractivity contribution in [1.82, 2.24) is 10.2 Å². The molecule has 0 aromatic heterocycles. The van der Waals surface area contributed by atoms with Gasteiger partial charge in [0.05, 0.1) is 22.2 Å². The first kappa shape index (κ1) is 27.4. The summed E-state index contributed by atoms with van der Waals surface area (Å²) >= 11 is 12.1. The van der Waals surface area contributed by atoms with Gasteiger partial charge in [0.15, 0.2) is 5.75 Å². The highest BCUT2D eigenvalue weighted by Gasteiger charge is 2.22. The Kier molecular flexibility index (Phi) is 8.55. The normalized spacial score (nSPS) is 13.6. The lowest BCUT2D eigenvalue weighted by Gasteiger charge is -2.26. The molecule has 2 N–H and O–H groups in total. The minimum atomic E-state index is -4.04. The molecule has 1 saturated heterocycles. The molecular weight excluding hydrogens is 553 g/mol. The van der Waals surface area contributed by atoms with Gasteiger partial charge in [-0.25, -0.2) is 8.42 Å². The standard InChI is InChI=1S/C26H23Cl2N3O6S/c27-18-7-10-23(21(28)15-18)37-24-4-2-1-3-22(24)30-38(35,36)20-8-5-17(6-9-20)26(34)29-16-25(33)31-13-11-19(32)12-14-31/h1-10,15,30H,11-14,16H2,(H,29,34). The van der Waals surface area contributed by atoms with E-state index in [2.05, 4.69) is 10.0 Å². The van der Waals surface area contributed by atoms with Crippen molar-refractivity contribution in [3.8, 4) is 11.5 Å². The second kappa shape index (κ2) is 11.8. The highest BCUT2D eigenvalue weighted by Crippen LogP contribution is 2.35. The van der Waals surface area contributed by atoms with Crippen LogP contribution in [0.5, 0.6) is 11.5 Å². The number of sulfonamides is 1. The molecule has 0 bridgehead atoms. The van der Waals surface area contributed by atoms with Crippen molar-refractivity contribution in [2.75, 3.05) is 24.4 Å². The van der Waals surface area contributed by atoms with Crippen LogP contribution < -0.4 is 14.8 Å². The number of amides is 2. The summed E-state index contributed by atoms with van der Waals surface area (Å²) in [5, 5.41) is 3.22. The molecule has 0 unspecified atom stereocenters. The summed E-state index contributed by atoms with van der Waals surface area (Å²) in [5.74, 6) is -0.175. The van der Waals surface area contributed by atoms with Crippen LogP contribution in [-0.2, 0) is 19.6 Å². The number of likely N-dealkylation sites (tertiary alicyclic amines) is 1. The average Bonchev–Trinajstić information content (AvgIpc) is 2.90. The number of nitrogens with one attached hydrogen (secondary N) is 2. The maximum atomic E-state index is 13.0. The SMILES string of the molecule is O=C1CCN(C(=O)CNC(=O)c2ccc(S(=O)(=O)Nc3ccccc3Oc3ccc(Cl)cc3Cl)cc2)CC1. The number of carbonyl (C=O) groups is 3. The molecule has 2 amide bonds. The Hall–Kier alpha value is -3.60. The molecule has 9 nitrogen and oxygen atoms in total. The number of hydrogen-bond acceptors (Lipinski definition) is 6. The Morgan fingerprint density at radius 1 is 0.921 bits per heavy atom. The van der Waals surface area contributed by atoms with Crippen molar-refractivity contribution in [2.24, 2.45) is 0 Å². The molecule has 0 spiro atoms. The van der Waals surface area contributed by atoms with Crippen LogP contribution in [0.4, 0.5) is 5.69 Å². The Labute approximate surface area is 229 Å². The van der Waals surface area contributed by atoms with E-state index in [4.69, 9.17) is 27.9 Å². The number of piperidine rings is 1. The number of benzene rings is 3. The molecule has 4 rings (SSSR count). The number of ketones is 1. The van der Waals surface area contributed by atoms with Gasteiger partial charge in [-0.15, -0.1) is 0 Å². The quantitative estimate of drug-likeness (QED) is 0.407. The Morgan fingerprint density at radius 2 is 1.61 bits per heavy atom. The molecule has 3 aromatic carbocycles. The van der Waals surface area contributed by atoms with Gasteiger partial charge in [0, 0.05) is 36.5 Å². The Balaban J connectivity index is 1.40. The molecule has 38 heavy (non-hydrogen) atoms. The first-order valence-corrected chi connectivity index (χ1v) is 13.8. The topological polar surface area (TPSA) is 122 Å².